The number of aliphatic carboxylic acids is 1. The van der Waals surface area contributed by atoms with Gasteiger partial charge in [0.1, 0.15) is 5.54 Å². The van der Waals surface area contributed by atoms with Crippen LogP contribution in [-0.4, -0.2) is 52.8 Å². The number of carbonyl (C=O) groups excluding carboxylic acids is 1. The van der Waals surface area contributed by atoms with E-state index < -0.39 is 17.1 Å². The topological polar surface area (TPSA) is 78.9 Å². The zero-order valence-electron chi connectivity index (χ0n) is 12.9. The zero-order chi connectivity index (χ0) is 15.4. The summed E-state index contributed by atoms with van der Waals surface area (Å²) in [6, 6.07) is -0.320. The summed E-state index contributed by atoms with van der Waals surface area (Å²) in [6.45, 7) is 8.91. The van der Waals surface area contributed by atoms with Crippen LogP contribution in [0.1, 0.15) is 47.0 Å². The summed E-state index contributed by atoms with van der Waals surface area (Å²) >= 11 is 0. The van der Waals surface area contributed by atoms with Gasteiger partial charge in [0, 0.05) is 19.7 Å². The molecule has 20 heavy (non-hydrogen) atoms. The molecule has 0 radical (unpaired) electrons. The Kier molecular flexibility index (Phi) is 5.39. The predicted octanol–water partition coefficient (Wildman–Crippen LogP) is 1.84. The molecule has 0 aromatic carbocycles. The number of carboxylic acid groups (broad SMARTS) is 1. The second-order valence-corrected chi connectivity index (χ2v) is 5.80. The van der Waals surface area contributed by atoms with Crippen molar-refractivity contribution in [3.63, 3.8) is 0 Å². The van der Waals surface area contributed by atoms with Crippen molar-refractivity contribution in [3.05, 3.63) is 0 Å². The maximum Gasteiger partial charge on any atom is 0.329 e. The van der Waals surface area contributed by atoms with Gasteiger partial charge in [-0.3, -0.25) is 0 Å². The molecule has 6 heteroatoms. The first-order valence-corrected chi connectivity index (χ1v) is 7.22. The molecule has 0 aromatic heterocycles. The van der Waals surface area contributed by atoms with Crippen molar-refractivity contribution in [2.24, 2.45) is 0 Å². The number of amides is 2. The number of nitrogens with zero attached hydrogens (tertiary/aromatic N) is 1. The van der Waals surface area contributed by atoms with E-state index in [-0.39, 0.29) is 6.03 Å². The maximum absolute atomic E-state index is 12.3. The average Bonchev–Trinajstić information content (AvgIpc) is 2.81. The van der Waals surface area contributed by atoms with E-state index in [4.69, 9.17) is 4.74 Å². The summed E-state index contributed by atoms with van der Waals surface area (Å²) in [5.74, 6) is -0.920. The zero-order valence-corrected chi connectivity index (χ0v) is 12.9. The number of nitrogens with one attached hydrogen (secondary N) is 1. The van der Waals surface area contributed by atoms with Crippen molar-refractivity contribution in [1.29, 1.82) is 0 Å². The Hall–Kier alpha value is -1.30. The van der Waals surface area contributed by atoms with Crippen molar-refractivity contribution in [3.8, 4) is 0 Å². The lowest BCUT2D eigenvalue weighted by molar-refractivity contribution is -0.148. The SMILES string of the molecule is CCOC(C)(C)CNC(=O)N1CCCC1(CC)C(=O)O. The number of carbonyl (C=O) groups is 2. The minimum Gasteiger partial charge on any atom is -0.479 e. The third-order valence-electron chi connectivity index (χ3n) is 3.92. The molecule has 1 unspecified atom stereocenters. The minimum absolute atomic E-state index is 0.320. The van der Waals surface area contributed by atoms with E-state index in [0.29, 0.717) is 32.5 Å². The summed E-state index contributed by atoms with van der Waals surface area (Å²) in [5.41, 5.74) is -1.51. The summed E-state index contributed by atoms with van der Waals surface area (Å²) in [7, 11) is 0. The van der Waals surface area contributed by atoms with Crippen LogP contribution in [0.4, 0.5) is 4.79 Å². The molecular weight excluding hydrogens is 260 g/mol. The highest BCUT2D eigenvalue weighted by Gasteiger charge is 2.48. The van der Waals surface area contributed by atoms with Crippen LogP contribution < -0.4 is 5.32 Å². The van der Waals surface area contributed by atoms with E-state index in [1.54, 1.807) is 0 Å². The monoisotopic (exact) mass is 286 g/mol. The van der Waals surface area contributed by atoms with Gasteiger partial charge in [0.25, 0.3) is 0 Å². The molecular formula is C14H26N2O4. The molecule has 1 saturated heterocycles. The largest absolute Gasteiger partial charge is 0.479 e. The fourth-order valence-corrected chi connectivity index (χ4v) is 2.74. The molecule has 1 aliphatic heterocycles. The van der Waals surface area contributed by atoms with Gasteiger partial charge in [-0.25, -0.2) is 9.59 Å². The Balaban J connectivity index is 2.69. The van der Waals surface area contributed by atoms with Gasteiger partial charge in [-0.05, 0) is 40.0 Å². The van der Waals surface area contributed by atoms with Gasteiger partial charge >= 0.3 is 12.0 Å². The Morgan fingerprint density at radius 1 is 1.40 bits per heavy atom. The van der Waals surface area contributed by atoms with Crippen LogP contribution in [0.25, 0.3) is 0 Å². The van der Waals surface area contributed by atoms with E-state index in [9.17, 15) is 14.7 Å². The molecule has 0 aromatic rings. The summed E-state index contributed by atoms with van der Waals surface area (Å²) < 4.78 is 5.52. The van der Waals surface area contributed by atoms with Crippen molar-refractivity contribution < 1.29 is 19.4 Å². The normalized spacial score (nSPS) is 22.9. The van der Waals surface area contributed by atoms with Gasteiger partial charge in [0.05, 0.1) is 5.60 Å². The lowest BCUT2D eigenvalue weighted by atomic mass is 9.93. The first-order valence-electron chi connectivity index (χ1n) is 7.22. The van der Waals surface area contributed by atoms with Crippen molar-refractivity contribution in [2.75, 3.05) is 19.7 Å². The number of likely N-dealkylation sites (tertiary alicyclic amines) is 1. The second kappa shape index (κ2) is 6.43. The van der Waals surface area contributed by atoms with Crippen LogP contribution in [0.15, 0.2) is 0 Å². The lowest BCUT2D eigenvalue weighted by Crippen LogP contribution is -2.57. The molecule has 6 nitrogen and oxygen atoms in total. The standard InChI is InChI=1S/C14H26N2O4/c1-5-14(11(17)18)8-7-9-16(14)12(19)15-10-13(3,4)20-6-2/h5-10H2,1-4H3,(H,15,19)(H,17,18). The smallest absolute Gasteiger partial charge is 0.329 e. The Labute approximate surface area is 120 Å². The summed E-state index contributed by atoms with van der Waals surface area (Å²) in [5, 5.41) is 12.2. The van der Waals surface area contributed by atoms with E-state index in [0.717, 1.165) is 6.42 Å². The number of hydrogen-bond acceptors (Lipinski definition) is 3. The molecule has 0 aliphatic carbocycles. The van der Waals surface area contributed by atoms with Gasteiger partial charge in [0.15, 0.2) is 0 Å². The van der Waals surface area contributed by atoms with Crippen LogP contribution in [-0.2, 0) is 9.53 Å². The molecule has 2 N–H and O–H groups in total. The van der Waals surface area contributed by atoms with Gasteiger partial charge in [0.2, 0.25) is 0 Å². The Morgan fingerprint density at radius 3 is 2.55 bits per heavy atom. The van der Waals surface area contributed by atoms with Crippen LogP contribution in [0.3, 0.4) is 0 Å². The molecule has 1 fully saturated rings. The third kappa shape index (κ3) is 3.42. The van der Waals surface area contributed by atoms with Crippen molar-refractivity contribution >= 4 is 12.0 Å². The minimum atomic E-state index is -1.06. The summed E-state index contributed by atoms with van der Waals surface area (Å²) in [6.07, 6.45) is 1.66. The van der Waals surface area contributed by atoms with Gasteiger partial charge in [-0.2, -0.15) is 0 Å². The molecule has 1 aliphatic rings. The highest BCUT2D eigenvalue weighted by Crippen LogP contribution is 2.32. The predicted molar refractivity (Wildman–Crippen MR) is 75.7 cm³/mol. The highest BCUT2D eigenvalue weighted by molar-refractivity contribution is 5.87. The highest BCUT2D eigenvalue weighted by atomic mass is 16.5. The lowest BCUT2D eigenvalue weighted by Gasteiger charge is -2.35. The Bertz CT molecular complexity index is 370. The number of carboxylic acids is 1. The van der Waals surface area contributed by atoms with Crippen LogP contribution in [0.2, 0.25) is 0 Å². The molecule has 1 heterocycles. The van der Waals surface area contributed by atoms with Crippen molar-refractivity contribution in [2.45, 2.75) is 58.1 Å². The number of ether oxygens (including phenoxy) is 1. The molecule has 0 bridgehead atoms. The van der Waals surface area contributed by atoms with E-state index in [2.05, 4.69) is 5.32 Å². The molecule has 1 rings (SSSR count). The molecule has 0 saturated carbocycles. The fourth-order valence-electron chi connectivity index (χ4n) is 2.74. The molecule has 0 spiro atoms. The van der Waals surface area contributed by atoms with Gasteiger partial charge in [-0.1, -0.05) is 6.92 Å². The second-order valence-electron chi connectivity index (χ2n) is 5.80. The molecule has 2 amide bonds. The number of urea groups is 1. The Morgan fingerprint density at radius 2 is 2.05 bits per heavy atom. The fraction of sp³-hybridized carbons (Fsp3) is 0.857. The summed E-state index contributed by atoms with van der Waals surface area (Å²) in [4.78, 5) is 25.3. The first-order chi connectivity index (χ1) is 9.29. The first kappa shape index (κ1) is 16.8. The maximum atomic E-state index is 12.3. The van der Waals surface area contributed by atoms with E-state index >= 15 is 0 Å². The van der Waals surface area contributed by atoms with Gasteiger partial charge < -0.3 is 20.1 Å². The average molecular weight is 286 g/mol. The van der Waals surface area contributed by atoms with E-state index in [1.807, 2.05) is 27.7 Å². The van der Waals surface area contributed by atoms with Gasteiger partial charge in [-0.15, -0.1) is 0 Å². The molecule has 1 atom stereocenters. The third-order valence-corrected chi connectivity index (χ3v) is 3.92. The van der Waals surface area contributed by atoms with E-state index in [1.165, 1.54) is 4.90 Å². The van der Waals surface area contributed by atoms with Crippen molar-refractivity contribution in [1.82, 2.24) is 10.2 Å². The van der Waals surface area contributed by atoms with Crippen LogP contribution >= 0.6 is 0 Å². The quantitative estimate of drug-likeness (QED) is 0.781. The molecule has 116 valence electrons. The van der Waals surface area contributed by atoms with Crippen LogP contribution in [0.5, 0.6) is 0 Å². The number of hydrogen-bond donors (Lipinski definition) is 2. The number of rotatable bonds is 6. The van der Waals surface area contributed by atoms with Crippen LogP contribution in [0, 0.1) is 0 Å².